The van der Waals surface area contributed by atoms with E-state index in [1.807, 2.05) is 16.7 Å². The summed E-state index contributed by atoms with van der Waals surface area (Å²) in [5.74, 6) is 0.723. The number of amides is 1. The maximum absolute atomic E-state index is 12.4. The van der Waals surface area contributed by atoms with E-state index in [9.17, 15) is 4.79 Å². The highest BCUT2D eigenvalue weighted by atomic mass is 35.5. The fourth-order valence-electron chi connectivity index (χ4n) is 2.80. The first-order valence-electron chi connectivity index (χ1n) is 7.87. The van der Waals surface area contributed by atoms with Gasteiger partial charge in [0.25, 0.3) is 5.91 Å². The smallest absolute Gasteiger partial charge is 0.255 e. The highest BCUT2D eigenvalue weighted by molar-refractivity contribution is 8.00. The topological polar surface area (TPSA) is 45.2 Å². The molecule has 1 saturated heterocycles. The molecule has 0 radical (unpaired) electrons. The molecule has 2 fully saturated rings. The Morgan fingerprint density at radius 3 is 2.73 bits per heavy atom. The predicted molar refractivity (Wildman–Crippen MR) is 93.0 cm³/mol. The maximum Gasteiger partial charge on any atom is 0.255 e. The molecule has 1 amide bonds. The van der Waals surface area contributed by atoms with Crippen LogP contribution < -0.4 is 5.32 Å². The van der Waals surface area contributed by atoms with Crippen LogP contribution in [0.1, 0.15) is 42.5 Å². The van der Waals surface area contributed by atoms with Gasteiger partial charge in [0.2, 0.25) is 0 Å². The molecule has 1 aliphatic carbocycles. The number of pyridine rings is 1. The molecule has 4 nitrogen and oxygen atoms in total. The molecule has 2 aliphatic rings. The van der Waals surface area contributed by atoms with Crippen molar-refractivity contribution in [1.82, 2.24) is 9.88 Å². The van der Waals surface area contributed by atoms with Gasteiger partial charge in [-0.1, -0.05) is 11.6 Å². The first-order chi connectivity index (χ1) is 10.6. The highest BCUT2D eigenvalue weighted by Crippen LogP contribution is 2.47. The number of piperidine rings is 1. The van der Waals surface area contributed by atoms with Gasteiger partial charge in [-0.3, -0.25) is 4.79 Å². The van der Waals surface area contributed by atoms with Crippen molar-refractivity contribution in [3.8, 4) is 0 Å². The zero-order chi connectivity index (χ0) is 15.6. The Kier molecular flexibility index (Phi) is 4.83. The molecule has 1 aromatic rings. The molecule has 3 rings (SSSR count). The first-order valence-corrected chi connectivity index (χ1v) is 9.48. The van der Waals surface area contributed by atoms with Crippen LogP contribution in [0.15, 0.2) is 12.3 Å². The zero-order valence-electron chi connectivity index (χ0n) is 12.9. The molecule has 1 aromatic heterocycles. The summed E-state index contributed by atoms with van der Waals surface area (Å²) >= 11 is 8.20. The van der Waals surface area contributed by atoms with Crippen molar-refractivity contribution in [3.63, 3.8) is 0 Å². The van der Waals surface area contributed by atoms with Gasteiger partial charge in [-0.25, -0.2) is 4.98 Å². The van der Waals surface area contributed by atoms with Crippen LogP contribution >= 0.6 is 23.4 Å². The molecule has 6 heteroatoms. The SMILES string of the molecule is CSC1(CNc2ncc(C(=O)N3CCCCC3)cc2Cl)CC1. The summed E-state index contributed by atoms with van der Waals surface area (Å²) in [6.45, 7) is 2.56. The van der Waals surface area contributed by atoms with Gasteiger partial charge in [-0.05, 0) is 44.4 Å². The number of hydrogen-bond acceptors (Lipinski definition) is 4. The third-order valence-corrected chi connectivity index (χ3v) is 6.26. The minimum atomic E-state index is 0.0448. The van der Waals surface area contributed by atoms with Crippen LogP contribution in [-0.2, 0) is 0 Å². The minimum absolute atomic E-state index is 0.0448. The summed E-state index contributed by atoms with van der Waals surface area (Å²) < 4.78 is 0.354. The Balaban J connectivity index is 1.65. The number of carbonyl (C=O) groups is 1. The molecule has 22 heavy (non-hydrogen) atoms. The van der Waals surface area contributed by atoms with Gasteiger partial charge >= 0.3 is 0 Å². The van der Waals surface area contributed by atoms with E-state index >= 15 is 0 Å². The molecule has 0 atom stereocenters. The number of likely N-dealkylation sites (tertiary alicyclic amines) is 1. The van der Waals surface area contributed by atoms with Crippen LogP contribution in [0.3, 0.4) is 0 Å². The summed E-state index contributed by atoms with van der Waals surface area (Å²) in [4.78, 5) is 18.7. The number of anilines is 1. The zero-order valence-corrected chi connectivity index (χ0v) is 14.5. The van der Waals surface area contributed by atoms with Gasteiger partial charge in [-0.2, -0.15) is 11.8 Å². The van der Waals surface area contributed by atoms with Crippen molar-refractivity contribution in [2.24, 2.45) is 0 Å². The van der Waals surface area contributed by atoms with Crippen LogP contribution in [0.25, 0.3) is 0 Å². The number of nitrogens with one attached hydrogen (secondary N) is 1. The first kappa shape index (κ1) is 15.9. The monoisotopic (exact) mass is 339 g/mol. The Bertz CT molecular complexity index is 556. The van der Waals surface area contributed by atoms with Gasteiger partial charge in [0.15, 0.2) is 0 Å². The lowest BCUT2D eigenvalue weighted by Crippen LogP contribution is -2.35. The van der Waals surface area contributed by atoms with Crippen LogP contribution in [0.5, 0.6) is 0 Å². The van der Waals surface area contributed by atoms with Gasteiger partial charge in [0.05, 0.1) is 10.6 Å². The molecule has 120 valence electrons. The lowest BCUT2D eigenvalue weighted by atomic mass is 10.1. The number of thioether (sulfide) groups is 1. The lowest BCUT2D eigenvalue weighted by molar-refractivity contribution is 0.0724. The van der Waals surface area contributed by atoms with Crippen molar-refractivity contribution in [2.75, 3.05) is 31.2 Å². The van der Waals surface area contributed by atoms with Crippen molar-refractivity contribution < 1.29 is 4.79 Å². The Labute approximate surface area is 141 Å². The number of hydrogen-bond donors (Lipinski definition) is 1. The number of rotatable bonds is 5. The Morgan fingerprint density at radius 2 is 2.14 bits per heavy atom. The summed E-state index contributed by atoms with van der Waals surface area (Å²) in [6, 6.07) is 1.74. The fraction of sp³-hybridized carbons (Fsp3) is 0.625. The average molecular weight is 340 g/mol. The number of carbonyl (C=O) groups excluding carboxylic acids is 1. The van der Waals surface area contributed by atoms with E-state index in [4.69, 9.17) is 11.6 Å². The van der Waals surface area contributed by atoms with E-state index in [-0.39, 0.29) is 5.91 Å². The second kappa shape index (κ2) is 6.67. The molecule has 1 N–H and O–H groups in total. The predicted octanol–water partition coefficient (Wildman–Crippen LogP) is 3.67. The van der Waals surface area contributed by atoms with Crippen molar-refractivity contribution in [3.05, 3.63) is 22.8 Å². The Morgan fingerprint density at radius 1 is 1.41 bits per heavy atom. The standard InChI is InChI=1S/C16H22ClN3OS/c1-22-16(5-6-16)11-19-14-13(17)9-12(10-18-14)15(21)20-7-3-2-4-8-20/h9-10H,2-8,11H2,1H3,(H,18,19). The molecule has 2 heterocycles. The molecular weight excluding hydrogens is 318 g/mol. The van der Waals surface area contributed by atoms with Crippen LogP contribution in [-0.4, -0.2) is 46.4 Å². The van der Waals surface area contributed by atoms with E-state index in [1.165, 1.54) is 19.3 Å². The highest BCUT2D eigenvalue weighted by Gasteiger charge is 2.41. The quantitative estimate of drug-likeness (QED) is 0.889. The normalized spacial score (nSPS) is 19.8. The fourth-order valence-corrected chi connectivity index (χ4v) is 3.76. The van der Waals surface area contributed by atoms with Crippen molar-refractivity contribution in [2.45, 2.75) is 36.9 Å². The average Bonchev–Trinajstić information content (AvgIpc) is 3.34. The van der Waals surface area contributed by atoms with E-state index < -0.39 is 0 Å². The maximum atomic E-state index is 12.4. The minimum Gasteiger partial charge on any atom is -0.367 e. The van der Waals surface area contributed by atoms with Gasteiger partial charge in [0.1, 0.15) is 5.82 Å². The van der Waals surface area contributed by atoms with Crippen LogP contribution in [0.2, 0.25) is 5.02 Å². The van der Waals surface area contributed by atoms with Gasteiger partial charge < -0.3 is 10.2 Å². The van der Waals surface area contributed by atoms with E-state index in [0.717, 1.165) is 32.5 Å². The third kappa shape index (κ3) is 3.51. The largest absolute Gasteiger partial charge is 0.367 e. The van der Waals surface area contributed by atoms with Crippen LogP contribution in [0.4, 0.5) is 5.82 Å². The van der Waals surface area contributed by atoms with E-state index in [2.05, 4.69) is 16.6 Å². The van der Waals surface area contributed by atoms with Crippen molar-refractivity contribution >= 4 is 35.1 Å². The molecule has 0 bridgehead atoms. The summed E-state index contributed by atoms with van der Waals surface area (Å²) in [7, 11) is 0. The van der Waals surface area contributed by atoms with E-state index in [0.29, 0.717) is 21.2 Å². The summed E-state index contributed by atoms with van der Waals surface area (Å²) in [5, 5.41) is 3.85. The Hall–Kier alpha value is -0.940. The lowest BCUT2D eigenvalue weighted by Gasteiger charge is -2.26. The second-order valence-corrected chi connectivity index (χ2v) is 7.83. The van der Waals surface area contributed by atoms with Crippen LogP contribution in [0, 0.1) is 0 Å². The second-order valence-electron chi connectivity index (χ2n) is 6.15. The molecular formula is C16H22ClN3OS. The molecule has 1 aliphatic heterocycles. The molecule has 1 saturated carbocycles. The summed E-state index contributed by atoms with van der Waals surface area (Å²) in [6.07, 6.45) is 9.65. The molecule has 0 aromatic carbocycles. The number of aromatic nitrogens is 1. The van der Waals surface area contributed by atoms with Crippen molar-refractivity contribution in [1.29, 1.82) is 0 Å². The third-order valence-electron chi connectivity index (χ3n) is 4.55. The van der Waals surface area contributed by atoms with Gasteiger partial charge in [-0.15, -0.1) is 0 Å². The summed E-state index contributed by atoms with van der Waals surface area (Å²) in [5.41, 5.74) is 0.587. The van der Waals surface area contributed by atoms with Gasteiger partial charge in [0, 0.05) is 30.6 Å². The molecule has 0 unspecified atom stereocenters. The number of nitrogens with zero attached hydrogens (tertiary/aromatic N) is 2. The van der Waals surface area contributed by atoms with E-state index in [1.54, 1.807) is 12.3 Å². The number of halogens is 1. The molecule has 0 spiro atoms.